The van der Waals surface area contributed by atoms with Crippen LogP contribution in [0.1, 0.15) is 11.1 Å². The Kier molecular flexibility index (Phi) is 3.81. The Balaban J connectivity index is 1.69. The fourth-order valence-corrected chi connectivity index (χ4v) is 2.30. The molecular formula is C17H17NO2. The van der Waals surface area contributed by atoms with Crippen molar-refractivity contribution in [3.8, 4) is 0 Å². The van der Waals surface area contributed by atoms with Gasteiger partial charge >= 0.3 is 0 Å². The van der Waals surface area contributed by atoms with Gasteiger partial charge in [-0.15, -0.1) is 0 Å². The first-order valence-corrected chi connectivity index (χ1v) is 6.67. The van der Waals surface area contributed by atoms with Crippen molar-refractivity contribution >= 4 is 10.9 Å². The van der Waals surface area contributed by atoms with Crippen LogP contribution in [0.3, 0.4) is 0 Å². The molecule has 20 heavy (non-hydrogen) atoms. The van der Waals surface area contributed by atoms with Crippen molar-refractivity contribution in [3.63, 3.8) is 0 Å². The third-order valence-corrected chi connectivity index (χ3v) is 3.36. The van der Waals surface area contributed by atoms with Gasteiger partial charge in [0.15, 0.2) is 0 Å². The average Bonchev–Trinajstić information content (AvgIpc) is 2.91. The molecule has 0 aliphatic heterocycles. The highest BCUT2D eigenvalue weighted by atomic mass is 16.5. The zero-order valence-corrected chi connectivity index (χ0v) is 11.2. The Hall–Kier alpha value is -2.10. The van der Waals surface area contributed by atoms with Crippen molar-refractivity contribution in [1.82, 2.24) is 4.57 Å². The SMILES string of the molecule is OCc1ccc2c(ccn2COCc2ccccc2)c1. The number of aliphatic hydroxyl groups is 1. The molecule has 0 bridgehead atoms. The standard InChI is InChI=1S/C17H17NO2/c19-11-15-6-7-17-16(10-15)8-9-18(17)13-20-12-14-4-2-1-3-5-14/h1-10,19H,11-13H2. The van der Waals surface area contributed by atoms with Gasteiger partial charge in [0.1, 0.15) is 6.73 Å². The topological polar surface area (TPSA) is 34.4 Å². The smallest absolute Gasteiger partial charge is 0.123 e. The van der Waals surface area contributed by atoms with E-state index in [0.717, 1.165) is 16.5 Å². The minimum Gasteiger partial charge on any atom is -0.392 e. The van der Waals surface area contributed by atoms with Crippen LogP contribution in [-0.2, 0) is 24.7 Å². The van der Waals surface area contributed by atoms with Crippen molar-refractivity contribution in [3.05, 3.63) is 71.9 Å². The third-order valence-electron chi connectivity index (χ3n) is 3.36. The van der Waals surface area contributed by atoms with Gasteiger partial charge in [-0.2, -0.15) is 0 Å². The number of benzene rings is 2. The van der Waals surface area contributed by atoms with Gasteiger partial charge in [-0.3, -0.25) is 0 Å². The second kappa shape index (κ2) is 5.90. The maximum atomic E-state index is 9.14. The lowest BCUT2D eigenvalue weighted by molar-refractivity contribution is 0.0668. The van der Waals surface area contributed by atoms with E-state index >= 15 is 0 Å². The quantitative estimate of drug-likeness (QED) is 0.769. The first-order chi connectivity index (χ1) is 9.86. The van der Waals surface area contributed by atoms with Crippen LogP contribution in [0.5, 0.6) is 0 Å². The summed E-state index contributed by atoms with van der Waals surface area (Å²) in [6, 6.07) is 18.1. The maximum absolute atomic E-state index is 9.14. The molecule has 1 heterocycles. The van der Waals surface area contributed by atoms with Gasteiger partial charge in [0.2, 0.25) is 0 Å². The molecule has 2 aromatic carbocycles. The zero-order chi connectivity index (χ0) is 13.8. The predicted molar refractivity (Wildman–Crippen MR) is 79.1 cm³/mol. The molecule has 0 aliphatic rings. The van der Waals surface area contributed by atoms with Crippen LogP contribution < -0.4 is 0 Å². The highest BCUT2D eigenvalue weighted by Crippen LogP contribution is 2.18. The highest BCUT2D eigenvalue weighted by Gasteiger charge is 2.02. The van der Waals surface area contributed by atoms with E-state index in [1.807, 2.05) is 48.7 Å². The Morgan fingerprint density at radius 3 is 2.60 bits per heavy atom. The summed E-state index contributed by atoms with van der Waals surface area (Å²) in [5, 5.41) is 10.3. The summed E-state index contributed by atoms with van der Waals surface area (Å²) in [5.41, 5.74) is 3.22. The number of rotatable bonds is 5. The second-order valence-corrected chi connectivity index (χ2v) is 4.80. The van der Waals surface area contributed by atoms with E-state index in [1.54, 1.807) is 0 Å². The van der Waals surface area contributed by atoms with Crippen molar-refractivity contribution in [2.75, 3.05) is 0 Å². The number of fused-ring (bicyclic) bond motifs is 1. The molecule has 0 unspecified atom stereocenters. The number of hydrogen-bond donors (Lipinski definition) is 1. The van der Waals surface area contributed by atoms with Gasteiger partial charge in [0.25, 0.3) is 0 Å². The predicted octanol–water partition coefficient (Wildman–Crippen LogP) is 3.31. The summed E-state index contributed by atoms with van der Waals surface area (Å²) in [7, 11) is 0. The molecule has 0 amide bonds. The summed E-state index contributed by atoms with van der Waals surface area (Å²) in [4.78, 5) is 0. The van der Waals surface area contributed by atoms with Crippen LogP contribution >= 0.6 is 0 Å². The van der Waals surface area contributed by atoms with Gasteiger partial charge < -0.3 is 14.4 Å². The molecule has 0 spiro atoms. The number of aliphatic hydroxyl groups excluding tert-OH is 1. The van der Waals surface area contributed by atoms with Gasteiger partial charge in [-0.05, 0) is 34.7 Å². The molecule has 0 atom stereocenters. The van der Waals surface area contributed by atoms with Crippen molar-refractivity contribution in [2.24, 2.45) is 0 Å². The Labute approximate surface area is 118 Å². The fraction of sp³-hybridized carbons (Fsp3) is 0.176. The van der Waals surface area contributed by atoms with Crippen molar-refractivity contribution < 1.29 is 9.84 Å². The zero-order valence-electron chi connectivity index (χ0n) is 11.2. The lowest BCUT2D eigenvalue weighted by atomic mass is 10.2. The van der Waals surface area contributed by atoms with Gasteiger partial charge in [0, 0.05) is 11.7 Å². The van der Waals surface area contributed by atoms with Crippen LogP contribution in [0, 0.1) is 0 Å². The monoisotopic (exact) mass is 267 g/mol. The molecule has 102 valence electrons. The molecule has 0 saturated heterocycles. The van der Waals surface area contributed by atoms with Crippen molar-refractivity contribution in [1.29, 1.82) is 0 Å². The first-order valence-electron chi connectivity index (χ1n) is 6.67. The summed E-state index contributed by atoms with van der Waals surface area (Å²) in [6.45, 7) is 1.21. The van der Waals surface area contributed by atoms with Crippen molar-refractivity contribution in [2.45, 2.75) is 19.9 Å². The molecule has 3 nitrogen and oxygen atoms in total. The van der Waals surface area contributed by atoms with Gasteiger partial charge in [-0.25, -0.2) is 0 Å². The number of nitrogens with zero attached hydrogens (tertiary/aromatic N) is 1. The number of aromatic nitrogens is 1. The average molecular weight is 267 g/mol. The lowest BCUT2D eigenvalue weighted by Gasteiger charge is -2.07. The van der Waals surface area contributed by atoms with Crippen LogP contribution in [0.4, 0.5) is 0 Å². The van der Waals surface area contributed by atoms with E-state index in [0.29, 0.717) is 13.3 Å². The highest BCUT2D eigenvalue weighted by molar-refractivity contribution is 5.80. The minimum absolute atomic E-state index is 0.0750. The van der Waals surface area contributed by atoms with E-state index in [1.165, 1.54) is 5.56 Å². The summed E-state index contributed by atoms with van der Waals surface area (Å²) in [6.07, 6.45) is 2.01. The number of ether oxygens (including phenoxy) is 1. The van der Waals surface area contributed by atoms with Crippen LogP contribution in [0.15, 0.2) is 60.8 Å². The Morgan fingerprint density at radius 2 is 1.80 bits per heavy atom. The molecular weight excluding hydrogens is 250 g/mol. The molecule has 0 radical (unpaired) electrons. The van der Waals surface area contributed by atoms with Crippen LogP contribution in [0.25, 0.3) is 10.9 Å². The molecule has 1 N–H and O–H groups in total. The molecule has 3 aromatic rings. The minimum atomic E-state index is 0.0750. The molecule has 1 aromatic heterocycles. The molecule has 0 fully saturated rings. The van der Waals surface area contributed by atoms with Crippen LogP contribution in [-0.4, -0.2) is 9.67 Å². The fourth-order valence-electron chi connectivity index (χ4n) is 2.30. The van der Waals surface area contributed by atoms with E-state index in [2.05, 4.69) is 16.7 Å². The lowest BCUT2D eigenvalue weighted by Crippen LogP contribution is -2.01. The number of hydrogen-bond acceptors (Lipinski definition) is 2. The first kappa shape index (κ1) is 12.9. The Bertz CT molecular complexity index is 689. The maximum Gasteiger partial charge on any atom is 0.123 e. The molecule has 3 heteroatoms. The molecule has 0 saturated carbocycles. The van der Waals surface area contributed by atoms with Crippen LogP contribution in [0.2, 0.25) is 0 Å². The summed E-state index contributed by atoms with van der Waals surface area (Å²) < 4.78 is 7.81. The normalized spacial score (nSPS) is 11.1. The van der Waals surface area contributed by atoms with Gasteiger partial charge in [-0.1, -0.05) is 36.4 Å². The van der Waals surface area contributed by atoms with E-state index < -0.39 is 0 Å². The summed E-state index contributed by atoms with van der Waals surface area (Å²) in [5.74, 6) is 0. The molecule has 3 rings (SSSR count). The Morgan fingerprint density at radius 1 is 0.950 bits per heavy atom. The largest absolute Gasteiger partial charge is 0.392 e. The third kappa shape index (κ3) is 2.74. The van der Waals surface area contributed by atoms with E-state index in [-0.39, 0.29) is 6.61 Å². The van der Waals surface area contributed by atoms with E-state index in [4.69, 9.17) is 9.84 Å². The summed E-state index contributed by atoms with van der Waals surface area (Å²) >= 11 is 0. The van der Waals surface area contributed by atoms with E-state index in [9.17, 15) is 0 Å². The van der Waals surface area contributed by atoms with Gasteiger partial charge in [0.05, 0.1) is 13.2 Å². The second-order valence-electron chi connectivity index (χ2n) is 4.80. The molecule has 0 aliphatic carbocycles.